The molecule has 0 spiro atoms. The van der Waals surface area contributed by atoms with E-state index >= 15 is 0 Å². The van der Waals surface area contributed by atoms with Gasteiger partial charge in [-0.05, 0) is 63.6 Å². The second-order valence-corrected chi connectivity index (χ2v) is 12.1. The van der Waals surface area contributed by atoms with Gasteiger partial charge in [0.15, 0.2) is 0 Å². The van der Waals surface area contributed by atoms with Crippen LogP contribution in [-0.2, 0) is 26.2 Å². The molecule has 3 aromatic carbocycles. The first-order chi connectivity index (χ1) is 17.8. The SMILES string of the molecule is C[C@H](C(=O)NC(C)(C)C)N(Cc1ccccc1)C(=O)CN(c1ccc(F)c(Cl)c1)S(=O)(=O)c1ccccc1. The average Bonchev–Trinajstić information content (AvgIpc) is 2.87. The molecule has 1 N–H and O–H groups in total. The van der Waals surface area contributed by atoms with Crippen LogP contribution in [0.15, 0.2) is 83.8 Å². The van der Waals surface area contributed by atoms with Gasteiger partial charge in [0.1, 0.15) is 18.4 Å². The Kier molecular flexibility index (Phi) is 9.17. The Hall–Kier alpha value is -3.43. The maximum atomic E-state index is 13.9. The molecule has 7 nitrogen and oxygen atoms in total. The number of anilines is 1. The van der Waals surface area contributed by atoms with Gasteiger partial charge in [0.05, 0.1) is 15.6 Å². The van der Waals surface area contributed by atoms with Crippen molar-refractivity contribution in [3.05, 3.63) is 95.3 Å². The van der Waals surface area contributed by atoms with E-state index in [2.05, 4.69) is 5.32 Å². The van der Waals surface area contributed by atoms with Crippen molar-refractivity contribution < 1.29 is 22.4 Å². The number of carbonyl (C=O) groups excluding carboxylic acids is 2. The van der Waals surface area contributed by atoms with Crippen LogP contribution in [0.25, 0.3) is 0 Å². The average molecular weight is 560 g/mol. The molecule has 0 radical (unpaired) electrons. The van der Waals surface area contributed by atoms with Crippen molar-refractivity contribution in [2.24, 2.45) is 0 Å². The molecular formula is C28H31ClFN3O4S. The van der Waals surface area contributed by atoms with E-state index in [1.807, 2.05) is 51.1 Å². The zero-order chi connectivity index (χ0) is 28.1. The van der Waals surface area contributed by atoms with E-state index in [0.29, 0.717) is 0 Å². The Bertz CT molecular complexity index is 1380. The molecular weight excluding hydrogens is 529 g/mol. The van der Waals surface area contributed by atoms with Gasteiger partial charge >= 0.3 is 0 Å². The summed E-state index contributed by atoms with van der Waals surface area (Å²) < 4.78 is 42.2. The molecule has 0 heterocycles. The molecule has 2 amide bonds. The molecule has 0 aromatic heterocycles. The van der Waals surface area contributed by atoms with Crippen LogP contribution in [-0.4, -0.2) is 43.3 Å². The smallest absolute Gasteiger partial charge is 0.264 e. The van der Waals surface area contributed by atoms with Crippen LogP contribution in [0.3, 0.4) is 0 Å². The Balaban J connectivity index is 2.04. The first-order valence-corrected chi connectivity index (χ1v) is 13.8. The molecule has 0 aliphatic carbocycles. The lowest BCUT2D eigenvalue weighted by atomic mass is 10.1. The predicted molar refractivity (Wildman–Crippen MR) is 147 cm³/mol. The van der Waals surface area contributed by atoms with Crippen molar-refractivity contribution in [1.82, 2.24) is 10.2 Å². The van der Waals surface area contributed by atoms with E-state index in [9.17, 15) is 22.4 Å². The number of benzene rings is 3. The summed E-state index contributed by atoms with van der Waals surface area (Å²) in [6.07, 6.45) is 0. The number of nitrogens with one attached hydrogen (secondary N) is 1. The van der Waals surface area contributed by atoms with Gasteiger partial charge in [-0.1, -0.05) is 60.1 Å². The minimum Gasteiger partial charge on any atom is -0.350 e. The largest absolute Gasteiger partial charge is 0.350 e. The second-order valence-electron chi connectivity index (χ2n) is 9.85. The minimum absolute atomic E-state index is 0.0139. The molecule has 0 unspecified atom stereocenters. The van der Waals surface area contributed by atoms with Gasteiger partial charge in [-0.3, -0.25) is 13.9 Å². The highest BCUT2D eigenvalue weighted by molar-refractivity contribution is 7.92. The fourth-order valence-electron chi connectivity index (χ4n) is 3.73. The molecule has 38 heavy (non-hydrogen) atoms. The Morgan fingerprint density at radius 1 is 0.974 bits per heavy atom. The quantitative estimate of drug-likeness (QED) is 0.399. The Labute approximate surface area is 228 Å². The van der Waals surface area contributed by atoms with E-state index in [1.54, 1.807) is 25.1 Å². The molecule has 202 valence electrons. The summed E-state index contributed by atoms with van der Waals surface area (Å²) in [7, 11) is -4.26. The van der Waals surface area contributed by atoms with Crippen LogP contribution in [0.1, 0.15) is 33.3 Å². The van der Waals surface area contributed by atoms with Crippen molar-refractivity contribution in [3.8, 4) is 0 Å². The van der Waals surface area contributed by atoms with Crippen LogP contribution < -0.4 is 9.62 Å². The maximum absolute atomic E-state index is 13.9. The zero-order valence-corrected chi connectivity index (χ0v) is 23.3. The van der Waals surface area contributed by atoms with Crippen LogP contribution in [0.4, 0.5) is 10.1 Å². The molecule has 0 aliphatic rings. The lowest BCUT2D eigenvalue weighted by Crippen LogP contribution is -2.54. The van der Waals surface area contributed by atoms with Gasteiger partial charge in [0.2, 0.25) is 11.8 Å². The third-order valence-corrected chi connectivity index (χ3v) is 7.74. The van der Waals surface area contributed by atoms with Crippen molar-refractivity contribution in [2.75, 3.05) is 10.8 Å². The standard InChI is InChI=1S/C28H31ClFN3O4S/c1-20(27(35)31-28(2,3)4)32(18-21-11-7-5-8-12-21)26(34)19-33(22-15-16-25(30)24(29)17-22)38(36,37)23-13-9-6-10-14-23/h5-17,20H,18-19H2,1-4H3,(H,31,35)/t20-/m1/s1. The minimum atomic E-state index is -4.26. The van der Waals surface area contributed by atoms with E-state index < -0.39 is 39.9 Å². The Morgan fingerprint density at radius 3 is 2.11 bits per heavy atom. The number of carbonyl (C=O) groups is 2. The fourth-order valence-corrected chi connectivity index (χ4v) is 5.33. The molecule has 10 heteroatoms. The first kappa shape index (κ1) is 29.1. The monoisotopic (exact) mass is 559 g/mol. The summed E-state index contributed by atoms with van der Waals surface area (Å²) in [6.45, 7) is 6.50. The predicted octanol–water partition coefficient (Wildman–Crippen LogP) is 5.01. The normalized spacial score (nSPS) is 12.5. The van der Waals surface area contributed by atoms with E-state index in [-0.39, 0.29) is 28.1 Å². The number of hydrogen-bond acceptors (Lipinski definition) is 4. The van der Waals surface area contributed by atoms with Crippen molar-refractivity contribution in [1.29, 1.82) is 0 Å². The van der Waals surface area contributed by atoms with Gasteiger partial charge in [-0.25, -0.2) is 12.8 Å². The van der Waals surface area contributed by atoms with Crippen LogP contribution in [0.2, 0.25) is 5.02 Å². The van der Waals surface area contributed by atoms with E-state index in [1.165, 1.54) is 23.1 Å². The molecule has 0 saturated carbocycles. The highest BCUT2D eigenvalue weighted by atomic mass is 35.5. The lowest BCUT2D eigenvalue weighted by Gasteiger charge is -2.33. The third-order valence-electron chi connectivity index (χ3n) is 5.66. The topological polar surface area (TPSA) is 86.8 Å². The summed E-state index contributed by atoms with van der Waals surface area (Å²) in [4.78, 5) is 28.1. The lowest BCUT2D eigenvalue weighted by molar-refractivity contribution is -0.140. The van der Waals surface area contributed by atoms with E-state index in [4.69, 9.17) is 11.6 Å². The molecule has 1 atom stereocenters. The zero-order valence-electron chi connectivity index (χ0n) is 21.7. The third kappa shape index (κ3) is 7.33. The summed E-state index contributed by atoms with van der Waals surface area (Å²) >= 11 is 5.97. The molecule has 0 bridgehead atoms. The highest BCUT2D eigenvalue weighted by Gasteiger charge is 2.33. The van der Waals surface area contributed by atoms with Crippen LogP contribution in [0.5, 0.6) is 0 Å². The number of nitrogens with zero attached hydrogens (tertiary/aromatic N) is 2. The molecule has 0 fully saturated rings. The summed E-state index contributed by atoms with van der Waals surface area (Å²) in [6, 6.07) is 19.2. The molecule has 3 rings (SSSR count). The number of hydrogen-bond donors (Lipinski definition) is 1. The van der Waals surface area contributed by atoms with Crippen molar-refractivity contribution >= 4 is 39.1 Å². The maximum Gasteiger partial charge on any atom is 0.264 e. The number of halogens is 2. The van der Waals surface area contributed by atoms with Crippen LogP contribution >= 0.6 is 11.6 Å². The summed E-state index contributed by atoms with van der Waals surface area (Å²) in [5, 5.41) is 2.58. The second kappa shape index (κ2) is 12.0. The molecule has 0 saturated heterocycles. The van der Waals surface area contributed by atoms with Gasteiger partial charge in [0.25, 0.3) is 10.0 Å². The highest BCUT2D eigenvalue weighted by Crippen LogP contribution is 2.28. The van der Waals surface area contributed by atoms with E-state index in [0.717, 1.165) is 22.0 Å². The van der Waals surface area contributed by atoms with Gasteiger partial charge in [0, 0.05) is 12.1 Å². The summed E-state index contributed by atoms with van der Waals surface area (Å²) in [5.74, 6) is -1.73. The van der Waals surface area contributed by atoms with Crippen LogP contribution in [0, 0.1) is 5.82 Å². The van der Waals surface area contributed by atoms with Gasteiger partial charge < -0.3 is 10.2 Å². The number of sulfonamides is 1. The van der Waals surface area contributed by atoms with Crippen molar-refractivity contribution in [2.45, 2.75) is 50.7 Å². The molecule has 3 aromatic rings. The van der Waals surface area contributed by atoms with Gasteiger partial charge in [-0.2, -0.15) is 0 Å². The first-order valence-electron chi connectivity index (χ1n) is 12.0. The fraction of sp³-hybridized carbons (Fsp3) is 0.286. The summed E-state index contributed by atoms with van der Waals surface area (Å²) in [5.41, 5.74) is 0.235. The van der Waals surface area contributed by atoms with Crippen molar-refractivity contribution in [3.63, 3.8) is 0 Å². The molecule has 0 aliphatic heterocycles. The number of rotatable bonds is 9. The van der Waals surface area contributed by atoms with Gasteiger partial charge in [-0.15, -0.1) is 0 Å². The Morgan fingerprint density at radius 2 is 1.55 bits per heavy atom. The number of amides is 2.